The molecule has 3 aromatic rings. The fourth-order valence-electron chi connectivity index (χ4n) is 3.28. The third kappa shape index (κ3) is 5.36. The molecule has 9 heteroatoms. The average Bonchev–Trinajstić information content (AvgIpc) is 3.20. The van der Waals surface area contributed by atoms with Crippen molar-refractivity contribution in [2.45, 2.75) is 46.1 Å². The molecule has 0 saturated heterocycles. The smallest absolute Gasteiger partial charge is 0.311 e. The number of aromatic nitrogens is 4. The highest BCUT2D eigenvalue weighted by Gasteiger charge is 2.24. The van der Waals surface area contributed by atoms with Gasteiger partial charge in [-0.3, -0.25) is 14.3 Å². The Balaban J connectivity index is 1.83. The van der Waals surface area contributed by atoms with Gasteiger partial charge in [-0.15, -0.1) is 0 Å². The second-order valence-electron chi connectivity index (χ2n) is 7.91. The summed E-state index contributed by atoms with van der Waals surface area (Å²) in [6.07, 6.45) is 1.57. The number of nitrogens with one attached hydrogen (secondary N) is 1. The third-order valence-electron chi connectivity index (χ3n) is 5.18. The zero-order chi connectivity index (χ0) is 24.1. The number of amides is 1. The molecule has 0 unspecified atom stereocenters. The molecule has 9 nitrogen and oxygen atoms in total. The normalized spacial score (nSPS) is 11.8. The van der Waals surface area contributed by atoms with Crippen LogP contribution in [0.5, 0.6) is 11.5 Å². The minimum atomic E-state index is -0.522. The second-order valence-corrected chi connectivity index (χ2v) is 7.91. The van der Waals surface area contributed by atoms with E-state index in [2.05, 4.69) is 46.4 Å². The van der Waals surface area contributed by atoms with Gasteiger partial charge in [0.1, 0.15) is 5.82 Å². The van der Waals surface area contributed by atoms with Crippen LogP contribution in [-0.2, 0) is 11.8 Å². The van der Waals surface area contributed by atoms with Crippen molar-refractivity contribution in [1.82, 2.24) is 25.1 Å². The number of hydrogen-bond donors (Lipinski definition) is 1. The van der Waals surface area contributed by atoms with Crippen molar-refractivity contribution in [3.05, 3.63) is 53.6 Å². The molecule has 0 aliphatic rings. The number of esters is 1. The molecule has 0 bridgehead atoms. The van der Waals surface area contributed by atoms with E-state index in [9.17, 15) is 9.59 Å². The lowest BCUT2D eigenvalue weighted by atomic mass is 10.0. The Bertz CT molecular complexity index is 1140. The van der Waals surface area contributed by atoms with Gasteiger partial charge in [0.15, 0.2) is 17.3 Å². The van der Waals surface area contributed by atoms with Crippen molar-refractivity contribution >= 4 is 11.9 Å². The molecule has 0 saturated carbocycles. The fraction of sp³-hybridized carbons (Fsp3) is 0.375. The minimum Gasteiger partial charge on any atom is -0.493 e. The fourth-order valence-corrected chi connectivity index (χ4v) is 3.28. The van der Waals surface area contributed by atoms with Crippen molar-refractivity contribution in [2.24, 2.45) is 7.05 Å². The maximum absolute atomic E-state index is 13.0. The van der Waals surface area contributed by atoms with Gasteiger partial charge in [-0.1, -0.05) is 45.0 Å². The standard InChI is InChI=1S/C24H29N5O4/c1-7-19(30)33-21-18(32-6)12-13-25-20(21)24(31)26-15(4)23-27-22(28-29(23)5)17-10-8-16(9-11-17)14(2)3/h8-15H,7H2,1-6H3,(H,26,31)/t15-/m0/s1. The van der Waals surface area contributed by atoms with Gasteiger partial charge >= 0.3 is 5.97 Å². The number of carbonyl (C=O) groups is 2. The van der Waals surface area contributed by atoms with Crippen LogP contribution < -0.4 is 14.8 Å². The van der Waals surface area contributed by atoms with Crippen molar-refractivity contribution in [3.63, 3.8) is 0 Å². The SMILES string of the molecule is CCC(=O)Oc1c(OC)ccnc1C(=O)N[C@@H](C)c1nc(-c2ccc(C(C)C)cc2)nn1C. The molecule has 0 radical (unpaired) electrons. The molecular weight excluding hydrogens is 422 g/mol. The predicted molar refractivity (Wildman–Crippen MR) is 123 cm³/mol. The van der Waals surface area contributed by atoms with Crippen LogP contribution in [0, 0.1) is 0 Å². The maximum Gasteiger partial charge on any atom is 0.311 e. The highest BCUT2D eigenvalue weighted by atomic mass is 16.6. The Hall–Kier alpha value is -3.75. The van der Waals surface area contributed by atoms with Crippen LogP contribution in [0.4, 0.5) is 0 Å². The van der Waals surface area contributed by atoms with E-state index in [0.29, 0.717) is 17.6 Å². The molecule has 0 aliphatic heterocycles. The Labute approximate surface area is 193 Å². The summed E-state index contributed by atoms with van der Waals surface area (Å²) >= 11 is 0. The van der Waals surface area contributed by atoms with Crippen LogP contribution in [0.3, 0.4) is 0 Å². The van der Waals surface area contributed by atoms with Crippen molar-refractivity contribution in [1.29, 1.82) is 0 Å². The number of hydrogen-bond acceptors (Lipinski definition) is 7. The highest BCUT2D eigenvalue weighted by molar-refractivity contribution is 5.96. The first-order valence-corrected chi connectivity index (χ1v) is 10.8. The van der Waals surface area contributed by atoms with Gasteiger partial charge in [0.2, 0.25) is 5.75 Å². The van der Waals surface area contributed by atoms with Gasteiger partial charge in [-0.25, -0.2) is 9.97 Å². The summed E-state index contributed by atoms with van der Waals surface area (Å²) in [4.78, 5) is 33.6. The topological polar surface area (TPSA) is 108 Å². The number of rotatable bonds is 8. The van der Waals surface area contributed by atoms with E-state index in [1.54, 1.807) is 25.6 Å². The number of nitrogens with zero attached hydrogens (tertiary/aromatic N) is 4. The van der Waals surface area contributed by atoms with E-state index in [1.807, 2.05) is 12.1 Å². The van der Waals surface area contributed by atoms with Crippen LogP contribution in [0.1, 0.15) is 68.0 Å². The maximum atomic E-state index is 13.0. The molecule has 1 N–H and O–H groups in total. The minimum absolute atomic E-state index is 0.0135. The Kier molecular flexibility index (Phi) is 7.42. The number of carbonyl (C=O) groups excluding carboxylic acids is 2. The lowest BCUT2D eigenvalue weighted by Gasteiger charge is -2.15. The quantitative estimate of drug-likeness (QED) is 0.519. The summed E-state index contributed by atoms with van der Waals surface area (Å²) in [6, 6.07) is 9.15. The lowest BCUT2D eigenvalue weighted by molar-refractivity contribution is -0.134. The van der Waals surface area contributed by atoms with Gasteiger partial charge in [0, 0.05) is 31.3 Å². The number of pyridine rings is 1. The lowest BCUT2D eigenvalue weighted by Crippen LogP contribution is -2.30. The van der Waals surface area contributed by atoms with Gasteiger partial charge in [-0.2, -0.15) is 5.10 Å². The number of methoxy groups -OCH3 is 1. The Morgan fingerprint density at radius 2 is 1.82 bits per heavy atom. The first kappa shape index (κ1) is 23.9. The van der Waals surface area contributed by atoms with Crippen LogP contribution in [0.25, 0.3) is 11.4 Å². The van der Waals surface area contributed by atoms with Crippen LogP contribution in [-0.4, -0.2) is 38.7 Å². The summed E-state index contributed by atoms with van der Waals surface area (Å²) in [7, 11) is 3.20. The zero-order valence-electron chi connectivity index (χ0n) is 19.7. The summed E-state index contributed by atoms with van der Waals surface area (Å²) in [6.45, 7) is 7.74. The molecule has 1 aromatic carbocycles. The molecule has 33 heavy (non-hydrogen) atoms. The van der Waals surface area contributed by atoms with E-state index in [0.717, 1.165) is 5.56 Å². The summed E-state index contributed by atoms with van der Waals surface area (Å²) in [5, 5.41) is 7.35. The number of benzene rings is 1. The van der Waals surface area contributed by atoms with Crippen LogP contribution in [0.2, 0.25) is 0 Å². The Morgan fingerprint density at radius 1 is 1.12 bits per heavy atom. The third-order valence-corrected chi connectivity index (χ3v) is 5.18. The molecule has 3 rings (SSSR count). The monoisotopic (exact) mass is 451 g/mol. The van der Waals surface area contributed by atoms with Gasteiger partial charge in [0.05, 0.1) is 13.2 Å². The number of aryl methyl sites for hydroxylation is 1. The molecular formula is C24H29N5O4. The van der Waals surface area contributed by atoms with Crippen molar-refractivity contribution < 1.29 is 19.1 Å². The molecule has 0 fully saturated rings. The highest BCUT2D eigenvalue weighted by Crippen LogP contribution is 2.30. The molecule has 2 heterocycles. The van der Waals surface area contributed by atoms with Crippen LogP contribution >= 0.6 is 0 Å². The van der Waals surface area contributed by atoms with Gasteiger partial charge < -0.3 is 14.8 Å². The summed E-state index contributed by atoms with van der Waals surface area (Å²) < 4.78 is 12.2. The second kappa shape index (κ2) is 10.2. The summed E-state index contributed by atoms with van der Waals surface area (Å²) in [5.41, 5.74) is 2.08. The molecule has 2 aromatic heterocycles. The van der Waals surface area contributed by atoms with E-state index >= 15 is 0 Å². The van der Waals surface area contributed by atoms with Crippen molar-refractivity contribution in [3.8, 4) is 22.9 Å². The van der Waals surface area contributed by atoms with Gasteiger partial charge in [-0.05, 0) is 18.4 Å². The summed E-state index contributed by atoms with van der Waals surface area (Å²) in [5.74, 6) is 0.794. The first-order valence-electron chi connectivity index (χ1n) is 10.8. The average molecular weight is 452 g/mol. The molecule has 1 amide bonds. The van der Waals surface area contributed by atoms with E-state index in [-0.39, 0.29) is 23.6 Å². The predicted octanol–water partition coefficient (Wildman–Crippen LogP) is 3.82. The van der Waals surface area contributed by atoms with Crippen LogP contribution in [0.15, 0.2) is 36.5 Å². The largest absolute Gasteiger partial charge is 0.493 e. The first-order chi connectivity index (χ1) is 15.7. The van der Waals surface area contributed by atoms with E-state index in [4.69, 9.17) is 9.47 Å². The molecule has 174 valence electrons. The van der Waals surface area contributed by atoms with E-state index < -0.39 is 17.9 Å². The zero-order valence-corrected chi connectivity index (χ0v) is 19.7. The molecule has 0 aliphatic carbocycles. The van der Waals surface area contributed by atoms with Gasteiger partial charge in [0.25, 0.3) is 5.91 Å². The number of ether oxygens (including phenoxy) is 2. The van der Waals surface area contributed by atoms with Crippen molar-refractivity contribution in [2.75, 3.05) is 7.11 Å². The Morgan fingerprint density at radius 3 is 2.42 bits per heavy atom. The van der Waals surface area contributed by atoms with E-state index in [1.165, 1.54) is 24.9 Å². The molecule has 0 spiro atoms. The molecule has 1 atom stereocenters.